The Morgan fingerprint density at radius 1 is 1.41 bits per heavy atom. The van der Waals surface area contributed by atoms with E-state index in [9.17, 15) is 4.79 Å². The third-order valence-electron chi connectivity index (χ3n) is 2.28. The van der Waals surface area contributed by atoms with Gasteiger partial charge in [-0.05, 0) is 19.1 Å². The first-order valence-electron chi connectivity index (χ1n) is 5.24. The number of carbonyl (C=O) groups is 1. The lowest BCUT2D eigenvalue weighted by Gasteiger charge is -2.04. The maximum atomic E-state index is 11.1. The van der Waals surface area contributed by atoms with Gasteiger partial charge in [0.2, 0.25) is 0 Å². The number of halogens is 1. The van der Waals surface area contributed by atoms with Crippen LogP contribution in [0, 0.1) is 6.92 Å². The molecule has 0 bridgehead atoms. The molecule has 0 unspecified atom stereocenters. The molecule has 0 saturated carbocycles. The number of nitrogens with zero attached hydrogens (tertiary/aromatic N) is 2. The van der Waals surface area contributed by atoms with E-state index in [0.29, 0.717) is 5.52 Å². The van der Waals surface area contributed by atoms with Crippen molar-refractivity contribution in [2.45, 2.75) is 20.3 Å². The van der Waals surface area contributed by atoms with Gasteiger partial charge in [0, 0.05) is 11.8 Å². The predicted molar refractivity (Wildman–Crippen MR) is 65.2 cm³/mol. The van der Waals surface area contributed by atoms with E-state index in [-0.39, 0.29) is 23.6 Å². The highest BCUT2D eigenvalue weighted by molar-refractivity contribution is 6.34. The molecule has 0 N–H and O–H groups in total. The summed E-state index contributed by atoms with van der Waals surface area (Å²) in [6.45, 7) is 3.66. The van der Waals surface area contributed by atoms with Crippen LogP contribution in [0.2, 0.25) is 5.15 Å². The quantitative estimate of drug-likeness (QED) is 0.607. The number of hydrogen-bond donors (Lipinski definition) is 0. The van der Waals surface area contributed by atoms with Crippen LogP contribution in [0.15, 0.2) is 18.2 Å². The number of aryl methyl sites for hydroxylation is 1. The largest absolute Gasteiger partial charge is 0.391 e. The fourth-order valence-corrected chi connectivity index (χ4v) is 1.63. The molecular weight excluding hydrogens is 240 g/mol. The molecule has 0 radical (unpaired) electrons. The summed E-state index contributed by atoms with van der Waals surface area (Å²) < 4.78 is 4.94. The zero-order valence-corrected chi connectivity index (χ0v) is 10.3. The topological polar surface area (TPSA) is 52.1 Å². The van der Waals surface area contributed by atoms with E-state index >= 15 is 0 Å². The summed E-state index contributed by atoms with van der Waals surface area (Å²) in [5, 5.41) is 1.04. The average Bonchev–Trinajstić information content (AvgIpc) is 2.30. The molecular formula is C12H11ClN2O2. The van der Waals surface area contributed by atoms with Crippen LogP contribution < -0.4 is 4.74 Å². The van der Waals surface area contributed by atoms with Crippen molar-refractivity contribution in [3.05, 3.63) is 28.9 Å². The van der Waals surface area contributed by atoms with Crippen molar-refractivity contribution >= 4 is 28.5 Å². The summed E-state index contributed by atoms with van der Waals surface area (Å²) >= 11 is 6.02. The monoisotopic (exact) mass is 250 g/mol. The average molecular weight is 251 g/mol. The molecule has 5 heteroatoms. The molecule has 88 valence electrons. The summed E-state index contributed by atoms with van der Waals surface area (Å²) in [7, 11) is 0. The van der Waals surface area contributed by atoms with Crippen LogP contribution in [0.1, 0.15) is 18.9 Å². The molecule has 0 saturated heterocycles. The highest BCUT2D eigenvalue weighted by Gasteiger charge is 2.09. The van der Waals surface area contributed by atoms with Gasteiger partial charge in [0.05, 0.1) is 5.52 Å². The lowest BCUT2D eigenvalue weighted by molar-refractivity contribution is -0.134. The minimum absolute atomic E-state index is 0.00166. The summed E-state index contributed by atoms with van der Waals surface area (Å²) in [4.78, 5) is 19.2. The zero-order valence-electron chi connectivity index (χ0n) is 9.53. The summed E-state index contributed by atoms with van der Waals surface area (Å²) in [6.07, 6.45) is 0.271. The Hall–Kier alpha value is -1.68. The van der Waals surface area contributed by atoms with Gasteiger partial charge in [-0.1, -0.05) is 30.2 Å². The van der Waals surface area contributed by atoms with E-state index < -0.39 is 0 Å². The van der Waals surface area contributed by atoms with Crippen LogP contribution >= 0.6 is 11.6 Å². The lowest BCUT2D eigenvalue weighted by Crippen LogP contribution is -2.08. The first kappa shape index (κ1) is 11.8. The highest BCUT2D eigenvalue weighted by Crippen LogP contribution is 2.23. The lowest BCUT2D eigenvalue weighted by atomic mass is 10.2. The molecule has 0 fully saturated rings. The zero-order chi connectivity index (χ0) is 12.4. The van der Waals surface area contributed by atoms with Crippen LogP contribution in [0.3, 0.4) is 0 Å². The van der Waals surface area contributed by atoms with E-state index in [1.54, 1.807) is 6.92 Å². The Labute approximate surface area is 104 Å². The Bertz CT molecular complexity index is 584. The maximum absolute atomic E-state index is 11.1. The Morgan fingerprint density at radius 3 is 2.88 bits per heavy atom. The maximum Gasteiger partial charge on any atom is 0.326 e. The number of carbonyl (C=O) groups excluding carboxylic acids is 1. The fourth-order valence-electron chi connectivity index (χ4n) is 1.40. The fraction of sp³-hybridized carbons (Fsp3) is 0.250. The molecule has 2 rings (SSSR count). The molecule has 1 aromatic carbocycles. The van der Waals surface area contributed by atoms with E-state index in [1.807, 2.05) is 25.1 Å². The van der Waals surface area contributed by atoms with Gasteiger partial charge in [0.1, 0.15) is 5.15 Å². The van der Waals surface area contributed by atoms with Gasteiger partial charge in [0.15, 0.2) is 0 Å². The van der Waals surface area contributed by atoms with Gasteiger partial charge in [-0.3, -0.25) is 4.79 Å². The Morgan fingerprint density at radius 2 is 2.18 bits per heavy atom. The van der Waals surface area contributed by atoms with Gasteiger partial charge in [-0.25, -0.2) is 0 Å². The van der Waals surface area contributed by atoms with Crippen molar-refractivity contribution in [2.75, 3.05) is 0 Å². The van der Waals surface area contributed by atoms with Crippen molar-refractivity contribution in [1.82, 2.24) is 9.97 Å². The number of aromatic nitrogens is 2. The molecule has 0 aliphatic rings. The second-order valence-corrected chi connectivity index (χ2v) is 4.00. The van der Waals surface area contributed by atoms with Crippen LogP contribution in [-0.4, -0.2) is 15.9 Å². The van der Waals surface area contributed by atoms with E-state index in [0.717, 1.165) is 10.9 Å². The molecule has 4 nitrogen and oxygen atoms in total. The van der Waals surface area contributed by atoms with Crippen molar-refractivity contribution in [3.63, 3.8) is 0 Å². The molecule has 17 heavy (non-hydrogen) atoms. The second-order valence-electron chi connectivity index (χ2n) is 3.65. The number of ether oxygens (including phenoxy) is 1. The van der Waals surface area contributed by atoms with Crippen LogP contribution in [0.25, 0.3) is 10.9 Å². The number of benzene rings is 1. The van der Waals surface area contributed by atoms with E-state index in [4.69, 9.17) is 16.3 Å². The van der Waals surface area contributed by atoms with Crippen LogP contribution in [0.4, 0.5) is 0 Å². The molecule has 0 aliphatic heterocycles. The predicted octanol–water partition coefficient (Wildman–Crippen LogP) is 2.91. The normalized spacial score (nSPS) is 10.5. The second kappa shape index (κ2) is 4.67. The first-order chi connectivity index (χ1) is 8.10. The van der Waals surface area contributed by atoms with Gasteiger partial charge >= 0.3 is 12.0 Å². The molecule has 2 aromatic rings. The Kier molecular flexibility index (Phi) is 3.24. The third kappa shape index (κ3) is 2.53. The molecule has 0 spiro atoms. The van der Waals surface area contributed by atoms with Gasteiger partial charge in [-0.2, -0.15) is 9.97 Å². The standard InChI is InChI=1S/C12H11ClN2O2/c1-3-10(16)17-12-14-9-5-4-7(2)6-8(9)11(13)15-12/h4-6H,3H2,1-2H3. The van der Waals surface area contributed by atoms with Gasteiger partial charge < -0.3 is 4.74 Å². The number of hydrogen-bond acceptors (Lipinski definition) is 4. The van der Waals surface area contributed by atoms with E-state index in [1.165, 1.54) is 0 Å². The minimum Gasteiger partial charge on any atom is -0.391 e. The van der Waals surface area contributed by atoms with Gasteiger partial charge in [0.25, 0.3) is 0 Å². The minimum atomic E-state index is -0.382. The van der Waals surface area contributed by atoms with E-state index in [2.05, 4.69) is 9.97 Å². The molecule has 0 amide bonds. The SMILES string of the molecule is CCC(=O)Oc1nc(Cl)c2cc(C)ccc2n1. The third-order valence-corrected chi connectivity index (χ3v) is 2.57. The number of esters is 1. The molecule has 0 atom stereocenters. The van der Waals surface area contributed by atoms with Crippen molar-refractivity contribution in [2.24, 2.45) is 0 Å². The smallest absolute Gasteiger partial charge is 0.326 e. The highest BCUT2D eigenvalue weighted by atomic mass is 35.5. The number of rotatable bonds is 2. The molecule has 1 aromatic heterocycles. The number of fused-ring (bicyclic) bond motifs is 1. The van der Waals surface area contributed by atoms with Crippen LogP contribution in [-0.2, 0) is 4.79 Å². The first-order valence-corrected chi connectivity index (χ1v) is 5.62. The van der Waals surface area contributed by atoms with Crippen molar-refractivity contribution in [1.29, 1.82) is 0 Å². The molecule has 1 heterocycles. The molecule has 0 aliphatic carbocycles. The van der Waals surface area contributed by atoms with Gasteiger partial charge in [-0.15, -0.1) is 0 Å². The van der Waals surface area contributed by atoms with Crippen LogP contribution in [0.5, 0.6) is 6.01 Å². The summed E-state index contributed by atoms with van der Waals surface area (Å²) in [6, 6.07) is 5.63. The summed E-state index contributed by atoms with van der Waals surface area (Å²) in [5.41, 5.74) is 1.73. The summed E-state index contributed by atoms with van der Waals surface area (Å²) in [5.74, 6) is -0.382. The van der Waals surface area contributed by atoms with Crippen molar-refractivity contribution < 1.29 is 9.53 Å². The van der Waals surface area contributed by atoms with Crippen molar-refractivity contribution in [3.8, 4) is 6.01 Å². The Balaban J connectivity index is 2.48.